The summed E-state index contributed by atoms with van der Waals surface area (Å²) in [6.07, 6.45) is 1.76. The standard InChI is InChI=1S/C12H15FN2O2/c13-11-4-3-8(14)6-10(11)12(16)15-9-2-1-5-17-7-9/h3-4,6,9H,1-2,5,7,14H2,(H,15,16). The Balaban J connectivity index is 2.05. The fourth-order valence-corrected chi connectivity index (χ4v) is 1.83. The van der Waals surface area contributed by atoms with Gasteiger partial charge < -0.3 is 15.8 Å². The molecule has 17 heavy (non-hydrogen) atoms. The Morgan fingerprint density at radius 2 is 2.35 bits per heavy atom. The van der Waals surface area contributed by atoms with Crippen molar-refractivity contribution in [2.75, 3.05) is 18.9 Å². The topological polar surface area (TPSA) is 64.4 Å². The Hall–Kier alpha value is -1.62. The van der Waals surface area contributed by atoms with Gasteiger partial charge in [0.1, 0.15) is 5.82 Å². The van der Waals surface area contributed by atoms with E-state index in [1.807, 2.05) is 0 Å². The normalized spacial score (nSPS) is 19.9. The summed E-state index contributed by atoms with van der Waals surface area (Å²) in [6, 6.07) is 3.92. The molecule has 1 fully saturated rings. The van der Waals surface area contributed by atoms with Crippen LogP contribution in [0.25, 0.3) is 0 Å². The quantitative estimate of drug-likeness (QED) is 0.764. The van der Waals surface area contributed by atoms with E-state index in [1.165, 1.54) is 18.2 Å². The van der Waals surface area contributed by atoms with Crippen molar-refractivity contribution in [1.82, 2.24) is 5.32 Å². The molecule has 0 radical (unpaired) electrons. The monoisotopic (exact) mass is 238 g/mol. The first-order chi connectivity index (χ1) is 8.16. The van der Waals surface area contributed by atoms with E-state index in [4.69, 9.17) is 10.5 Å². The van der Waals surface area contributed by atoms with Crippen molar-refractivity contribution in [2.45, 2.75) is 18.9 Å². The smallest absolute Gasteiger partial charge is 0.254 e. The molecular weight excluding hydrogens is 223 g/mol. The minimum Gasteiger partial charge on any atom is -0.399 e. The van der Waals surface area contributed by atoms with Gasteiger partial charge in [-0.15, -0.1) is 0 Å². The van der Waals surface area contributed by atoms with Crippen LogP contribution in [-0.2, 0) is 4.74 Å². The molecule has 1 aliphatic heterocycles. The third kappa shape index (κ3) is 2.94. The zero-order chi connectivity index (χ0) is 12.3. The van der Waals surface area contributed by atoms with Crippen LogP contribution in [0.3, 0.4) is 0 Å². The molecule has 0 aromatic heterocycles. The van der Waals surface area contributed by atoms with Crippen molar-refractivity contribution >= 4 is 11.6 Å². The van der Waals surface area contributed by atoms with Crippen LogP contribution in [0.4, 0.5) is 10.1 Å². The van der Waals surface area contributed by atoms with Crippen LogP contribution in [0.2, 0.25) is 0 Å². The molecule has 1 atom stereocenters. The van der Waals surface area contributed by atoms with Gasteiger partial charge in [0.25, 0.3) is 5.91 Å². The van der Waals surface area contributed by atoms with Gasteiger partial charge in [-0.25, -0.2) is 4.39 Å². The third-order valence-corrected chi connectivity index (χ3v) is 2.73. The minimum atomic E-state index is -0.562. The molecule has 0 bridgehead atoms. The number of hydrogen-bond donors (Lipinski definition) is 2. The predicted molar refractivity (Wildman–Crippen MR) is 62.1 cm³/mol. The fraction of sp³-hybridized carbons (Fsp3) is 0.417. The Bertz CT molecular complexity index is 417. The molecule has 4 nitrogen and oxygen atoms in total. The molecule has 3 N–H and O–H groups in total. The maximum absolute atomic E-state index is 13.4. The Morgan fingerprint density at radius 1 is 1.53 bits per heavy atom. The van der Waals surface area contributed by atoms with E-state index in [0.29, 0.717) is 12.3 Å². The highest BCUT2D eigenvalue weighted by Crippen LogP contribution is 2.13. The summed E-state index contributed by atoms with van der Waals surface area (Å²) in [6.45, 7) is 1.20. The second kappa shape index (κ2) is 5.14. The first-order valence-corrected chi connectivity index (χ1v) is 5.60. The summed E-state index contributed by atoms with van der Waals surface area (Å²) in [7, 11) is 0. The number of nitrogen functional groups attached to an aromatic ring is 1. The second-order valence-electron chi connectivity index (χ2n) is 4.13. The molecule has 1 heterocycles. The average Bonchev–Trinajstić information content (AvgIpc) is 2.33. The van der Waals surface area contributed by atoms with Crippen molar-refractivity contribution in [1.29, 1.82) is 0 Å². The Morgan fingerprint density at radius 3 is 3.06 bits per heavy atom. The number of halogens is 1. The average molecular weight is 238 g/mol. The first kappa shape index (κ1) is 11.9. The second-order valence-corrected chi connectivity index (χ2v) is 4.13. The summed E-state index contributed by atoms with van der Waals surface area (Å²) >= 11 is 0. The van der Waals surface area contributed by atoms with Gasteiger partial charge in [-0.2, -0.15) is 0 Å². The fourth-order valence-electron chi connectivity index (χ4n) is 1.83. The zero-order valence-corrected chi connectivity index (χ0v) is 9.41. The highest BCUT2D eigenvalue weighted by molar-refractivity contribution is 5.95. The van der Waals surface area contributed by atoms with Gasteiger partial charge in [0.15, 0.2) is 0 Å². The van der Waals surface area contributed by atoms with Crippen LogP contribution in [0.5, 0.6) is 0 Å². The number of carbonyl (C=O) groups is 1. The van der Waals surface area contributed by atoms with Gasteiger partial charge in [-0.3, -0.25) is 4.79 Å². The van der Waals surface area contributed by atoms with E-state index in [1.54, 1.807) is 0 Å². The molecule has 1 aliphatic rings. The number of carbonyl (C=O) groups excluding carboxylic acids is 1. The van der Waals surface area contributed by atoms with Crippen molar-refractivity contribution in [2.24, 2.45) is 0 Å². The number of nitrogens with two attached hydrogens (primary N) is 1. The van der Waals surface area contributed by atoms with E-state index < -0.39 is 11.7 Å². The predicted octanol–water partition coefficient (Wildman–Crippen LogP) is 1.32. The lowest BCUT2D eigenvalue weighted by Crippen LogP contribution is -2.40. The number of benzene rings is 1. The molecule has 2 rings (SSSR count). The molecule has 0 aliphatic carbocycles. The summed E-state index contributed by atoms with van der Waals surface area (Å²) in [5.41, 5.74) is 5.88. The summed E-state index contributed by atoms with van der Waals surface area (Å²) < 4.78 is 18.7. The lowest BCUT2D eigenvalue weighted by atomic mass is 10.1. The highest BCUT2D eigenvalue weighted by Gasteiger charge is 2.19. The highest BCUT2D eigenvalue weighted by atomic mass is 19.1. The van der Waals surface area contributed by atoms with Crippen molar-refractivity contribution in [3.05, 3.63) is 29.6 Å². The number of hydrogen-bond acceptors (Lipinski definition) is 3. The molecule has 92 valence electrons. The van der Waals surface area contributed by atoms with Crippen LogP contribution in [0.15, 0.2) is 18.2 Å². The molecule has 1 aromatic carbocycles. The summed E-state index contributed by atoms with van der Waals surface area (Å²) in [5, 5.41) is 2.74. The molecule has 5 heteroatoms. The van der Waals surface area contributed by atoms with Gasteiger partial charge in [0.05, 0.1) is 18.2 Å². The molecule has 0 spiro atoms. The van der Waals surface area contributed by atoms with Crippen molar-refractivity contribution < 1.29 is 13.9 Å². The Kier molecular flexibility index (Phi) is 3.58. The summed E-state index contributed by atoms with van der Waals surface area (Å²) in [4.78, 5) is 11.8. The lowest BCUT2D eigenvalue weighted by molar-refractivity contribution is 0.0622. The molecule has 1 unspecified atom stereocenters. The summed E-state index contributed by atoms with van der Waals surface area (Å²) in [5.74, 6) is -1.00. The largest absolute Gasteiger partial charge is 0.399 e. The van der Waals surface area contributed by atoms with Crippen LogP contribution in [-0.4, -0.2) is 25.2 Å². The van der Waals surface area contributed by atoms with E-state index >= 15 is 0 Å². The van der Waals surface area contributed by atoms with Crippen LogP contribution in [0, 0.1) is 5.82 Å². The third-order valence-electron chi connectivity index (χ3n) is 2.73. The van der Waals surface area contributed by atoms with E-state index in [0.717, 1.165) is 19.4 Å². The molecule has 1 saturated heterocycles. The number of nitrogens with one attached hydrogen (secondary N) is 1. The molecule has 1 aromatic rings. The number of rotatable bonds is 2. The maximum atomic E-state index is 13.4. The Labute approximate surface area is 98.9 Å². The van der Waals surface area contributed by atoms with Crippen LogP contribution < -0.4 is 11.1 Å². The molecular formula is C12H15FN2O2. The van der Waals surface area contributed by atoms with Gasteiger partial charge in [0, 0.05) is 12.3 Å². The van der Waals surface area contributed by atoms with E-state index in [2.05, 4.69) is 5.32 Å². The lowest BCUT2D eigenvalue weighted by Gasteiger charge is -2.23. The van der Waals surface area contributed by atoms with Crippen molar-refractivity contribution in [3.8, 4) is 0 Å². The van der Waals surface area contributed by atoms with Crippen molar-refractivity contribution in [3.63, 3.8) is 0 Å². The van der Waals surface area contributed by atoms with Gasteiger partial charge in [0.2, 0.25) is 0 Å². The number of ether oxygens (including phenoxy) is 1. The van der Waals surface area contributed by atoms with Gasteiger partial charge in [-0.05, 0) is 31.0 Å². The first-order valence-electron chi connectivity index (χ1n) is 5.60. The molecule has 0 saturated carbocycles. The minimum absolute atomic E-state index is 0.0180. The van der Waals surface area contributed by atoms with Crippen LogP contribution in [0.1, 0.15) is 23.2 Å². The molecule has 1 amide bonds. The SMILES string of the molecule is Nc1ccc(F)c(C(=O)NC2CCCOC2)c1. The van der Waals surface area contributed by atoms with Crippen LogP contribution >= 0.6 is 0 Å². The van der Waals surface area contributed by atoms with Gasteiger partial charge in [-0.1, -0.05) is 0 Å². The van der Waals surface area contributed by atoms with E-state index in [-0.39, 0.29) is 11.6 Å². The van der Waals surface area contributed by atoms with E-state index in [9.17, 15) is 9.18 Å². The zero-order valence-electron chi connectivity index (χ0n) is 9.41. The maximum Gasteiger partial charge on any atom is 0.254 e. The number of amides is 1. The van der Waals surface area contributed by atoms with Gasteiger partial charge >= 0.3 is 0 Å². The number of anilines is 1.